The SMILES string of the molecule is Cc1cccc(CN(c2ccc(C(C(N)=O)c3ccc(C(F)(F)F)nc3)cc2)S(C)(=O)=O)c1F. The van der Waals surface area contributed by atoms with E-state index >= 15 is 0 Å². The summed E-state index contributed by atoms with van der Waals surface area (Å²) in [6.45, 7) is 1.31. The molecule has 0 radical (unpaired) electrons. The van der Waals surface area contributed by atoms with Gasteiger partial charge in [0.15, 0.2) is 0 Å². The van der Waals surface area contributed by atoms with E-state index in [0.717, 1.165) is 28.9 Å². The maximum absolute atomic E-state index is 14.5. The molecule has 0 saturated carbocycles. The molecule has 0 aliphatic heterocycles. The lowest BCUT2D eigenvalue weighted by Crippen LogP contribution is -2.30. The van der Waals surface area contributed by atoms with Gasteiger partial charge in [-0.3, -0.25) is 14.1 Å². The predicted octanol–water partition coefficient (Wildman–Crippen LogP) is 4.13. The lowest BCUT2D eigenvalue weighted by atomic mass is 9.91. The molecule has 0 saturated heterocycles. The van der Waals surface area contributed by atoms with E-state index in [2.05, 4.69) is 4.98 Å². The number of alkyl halides is 3. The molecule has 1 unspecified atom stereocenters. The van der Waals surface area contributed by atoms with E-state index < -0.39 is 39.5 Å². The summed E-state index contributed by atoms with van der Waals surface area (Å²) >= 11 is 0. The van der Waals surface area contributed by atoms with Gasteiger partial charge in [-0.25, -0.2) is 12.8 Å². The van der Waals surface area contributed by atoms with Crippen molar-refractivity contribution in [1.29, 1.82) is 0 Å². The van der Waals surface area contributed by atoms with Crippen LogP contribution in [0.15, 0.2) is 60.8 Å². The van der Waals surface area contributed by atoms with Crippen LogP contribution in [0.25, 0.3) is 0 Å². The molecule has 6 nitrogen and oxygen atoms in total. The minimum absolute atomic E-state index is 0.148. The van der Waals surface area contributed by atoms with Gasteiger partial charge in [-0.05, 0) is 41.8 Å². The van der Waals surface area contributed by atoms with Gasteiger partial charge in [0, 0.05) is 11.8 Å². The largest absolute Gasteiger partial charge is 0.433 e. The van der Waals surface area contributed by atoms with Crippen LogP contribution in [0.4, 0.5) is 23.2 Å². The summed E-state index contributed by atoms with van der Waals surface area (Å²) in [4.78, 5) is 15.5. The number of primary amides is 1. The Morgan fingerprint density at radius 1 is 1.06 bits per heavy atom. The van der Waals surface area contributed by atoms with Gasteiger partial charge in [0.25, 0.3) is 0 Å². The van der Waals surface area contributed by atoms with Crippen LogP contribution in [0.3, 0.4) is 0 Å². The molecule has 1 heterocycles. The third-order valence-corrected chi connectivity index (χ3v) is 6.34. The van der Waals surface area contributed by atoms with Crippen LogP contribution >= 0.6 is 0 Å². The standard InChI is InChI=1S/C23H21F4N3O3S/c1-14-4-3-5-17(21(14)24)13-30(34(2,32)33)18-9-6-15(7-10-18)20(22(28)31)16-8-11-19(29-12-16)23(25,26)27/h3-12,20H,13H2,1-2H3,(H2,28,31). The normalized spacial score (nSPS) is 12.9. The summed E-state index contributed by atoms with van der Waals surface area (Å²) < 4.78 is 78.7. The van der Waals surface area contributed by atoms with Gasteiger partial charge >= 0.3 is 6.18 Å². The summed E-state index contributed by atoms with van der Waals surface area (Å²) in [5.74, 6) is -2.45. The number of halogens is 4. The molecule has 0 aliphatic rings. The van der Waals surface area contributed by atoms with E-state index in [1.807, 2.05) is 0 Å². The van der Waals surface area contributed by atoms with Crippen molar-refractivity contribution in [2.24, 2.45) is 5.73 Å². The van der Waals surface area contributed by atoms with Gasteiger partial charge in [0.05, 0.1) is 24.4 Å². The Hall–Kier alpha value is -3.47. The van der Waals surface area contributed by atoms with Gasteiger partial charge in [0.2, 0.25) is 15.9 Å². The zero-order valence-electron chi connectivity index (χ0n) is 18.2. The predicted molar refractivity (Wildman–Crippen MR) is 119 cm³/mol. The second-order valence-corrected chi connectivity index (χ2v) is 9.63. The Bertz CT molecular complexity index is 1290. The van der Waals surface area contributed by atoms with E-state index in [1.54, 1.807) is 19.1 Å². The molecule has 2 N–H and O–H groups in total. The second-order valence-electron chi connectivity index (χ2n) is 7.72. The summed E-state index contributed by atoms with van der Waals surface area (Å²) in [5.41, 5.74) is 5.61. The van der Waals surface area contributed by atoms with Crippen LogP contribution in [0.5, 0.6) is 0 Å². The highest BCUT2D eigenvalue weighted by Gasteiger charge is 2.33. The zero-order valence-corrected chi connectivity index (χ0v) is 19.0. The Kier molecular flexibility index (Phi) is 6.97. The van der Waals surface area contributed by atoms with Crippen molar-refractivity contribution in [3.8, 4) is 0 Å². The average Bonchev–Trinajstić information content (AvgIpc) is 2.74. The molecule has 1 amide bonds. The summed E-state index contributed by atoms with van der Waals surface area (Å²) in [6, 6.07) is 12.2. The second kappa shape index (κ2) is 9.41. The molecule has 1 aromatic heterocycles. The number of amides is 1. The topological polar surface area (TPSA) is 93.4 Å². The smallest absolute Gasteiger partial charge is 0.369 e. The molecular weight excluding hydrogens is 474 g/mol. The number of hydrogen-bond acceptors (Lipinski definition) is 4. The van der Waals surface area contributed by atoms with E-state index in [4.69, 9.17) is 5.73 Å². The summed E-state index contributed by atoms with van der Waals surface area (Å²) in [5, 5.41) is 0. The molecule has 0 aliphatic carbocycles. The zero-order chi connectivity index (χ0) is 25.3. The molecule has 2 aromatic carbocycles. The number of sulfonamides is 1. The first-order chi connectivity index (χ1) is 15.8. The van der Waals surface area contributed by atoms with Crippen molar-refractivity contribution in [3.05, 3.63) is 94.6 Å². The highest BCUT2D eigenvalue weighted by molar-refractivity contribution is 7.92. The number of nitrogens with zero attached hydrogens (tertiary/aromatic N) is 2. The van der Waals surface area contributed by atoms with Crippen molar-refractivity contribution in [2.45, 2.75) is 25.6 Å². The van der Waals surface area contributed by atoms with Crippen molar-refractivity contribution in [2.75, 3.05) is 10.6 Å². The molecule has 3 rings (SSSR count). The molecular formula is C23H21F4N3O3S. The van der Waals surface area contributed by atoms with Crippen molar-refractivity contribution in [3.63, 3.8) is 0 Å². The van der Waals surface area contributed by atoms with Crippen LogP contribution in [0.1, 0.15) is 33.9 Å². The van der Waals surface area contributed by atoms with Crippen LogP contribution in [0.2, 0.25) is 0 Å². The molecule has 3 aromatic rings. The first-order valence-electron chi connectivity index (χ1n) is 9.93. The Morgan fingerprint density at radius 2 is 1.68 bits per heavy atom. The molecule has 0 bridgehead atoms. The van der Waals surface area contributed by atoms with E-state index in [1.165, 1.54) is 30.3 Å². The lowest BCUT2D eigenvalue weighted by Gasteiger charge is -2.24. The monoisotopic (exact) mass is 495 g/mol. The highest BCUT2D eigenvalue weighted by atomic mass is 32.2. The number of carbonyl (C=O) groups excluding carboxylic acids is 1. The number of anilines is 1. The van der Waals surface area contributed by atoms with E-state index in [0.29, 0.717) is 11.1 Å². The minimum atomic E-state index is -4.63. The average molecular weight is 495 g/mol. The van der Waals surface area contributed by atoms with Crippen LogP contribution in [0, 0.1) is 12.7 Å². The van der Waals surface area contributed by atoms with Crippen molar-refractivity contribution >= 4 is 21.6 Å². The van der Waals surface area contributed by atoms with Gasteiger partial charge in [0.1, 0.15) is 11.5 Å². The Balaban J connectivity index is 1.95. The van der Waals surface area contributed by atoms with Gasteiger partial charge in [-0.15, -0.1) is 0 Å². The molecule has 0 fully saturated rings. The third kappa shape index (κ3) is 5.53. The number of hydrogen-bond donors (Lipinski definition) is 1. The molecule has 0 spiro atoms. The number of aromatic nitrogens is 1. The van der Waals surface area contributed by atoms with Crippen molar-refractivity contribution in [1.82, 2.24) is 4.98 Å². The molecule has 180 valence electrons. The number of rotatable bonds is 7. The van der Waals surface area contributed by atoms with Gasteiger partial charge < -0.3 is 5.73 Å². The van der Waals surface area contributed by atoms with Crippen LogP contribution in [-0.4, -0.2) is 25.6 Å². The minimum Gasteiger partial charge on any atom is -0.369 e. The number of aryl methyl sites for hydroxylation is 1. The maximum atomic E-state index is 14.5. The Labute approximate surface area is 194 Å². The quantitative estimate of drug-likeness (QED) is 0.499. The van der Waals surface area contributed by atoms with E-state index in [9.17, 15) is 30.8 Å². The fourth-order valence-corrected chi connectivity index (χ4v) is 4.36. The fourth-order valence-electron chi connectivity index (χ4n) is 3.48. The molecule has 34 heavy (non-hydrogen) atoms. The Morgan fingerprint density at radius 3 is 2.18 bits per heavy atom. The highest BCUT2D eigenvalue weighted by Crippen LogP contribution is 2.31. The van der Waals surface area contributed by atoms with Crippen LogP contribution < -0.4 is 10.0 Å². The van der Waals surface area contributed by atoms with Crippen LogP contribution in [-0.2, 0) is 27.5 Å². The number of nitrogens with two attached hydrogens (primary N) is 1. The lowest BCUT2D eigenvalue weighted by molar-refractivity contribution is -0.141. The summed E-state index contributed by atoms with van der Waals surface area (Å²) in [7, 11) is -3.81. The maximum Gasteiger partial charge on any atom is 0.433 e. The van der Waals surface area contributed by atoms with Gasteiger partial charge in [-0.1, -0.05) is 36.4 Å². The summed E-state index contributed by atoms with van der Waals surface area (Å²) in [6.07, 6.45) is -2.72. The number of benzene rings is 2. The fraction of sp³-hybridized carbons (Fsp3) is 0.217. The van der Waals surface area contributed by atoms with Crippen molar-refractivity contribution < 1.29 is 30.8 Å². The van der Waals surface area contributed by atoms with Gasteiger partial charge in [-0.2, -0.15) is 13.2 Å². The third-order valence-electron chi connectivity index (χ3n) is 5.20. The molecule has 1 atom stereocenters. The van der Waals surface area contributed by atoms with E-state index in [-0.39, 0.29) is 23.4 Å². The number of carbonyl (C=O) groups is 1. The number of pyridine rings is 1. The molecule has 11 heteroatoms. The first kappa shape index (κ1) is 25.2. The first-order valence-corrected chi connectivity index (χ1v) is 11.8.